The summed E-state index contributed by atoms with van der Waals surface area (Å²) < 4.78 is 10.2. The molecule has 3 rings (SSSR count). The number of amides is 1. The van der Waals surface area contributed by atoms with Gasteiger partial charge in [-0.15, -0.1) is 0 Å². The third-order valence-corrected chi connectivity index (χ3v) is 4.14. The van der Waals surface area contributed by atoms with Gasteiger partial charge in [0.1, 0.15) is 11.5 Å². The number of benzene rings is 1. The van der Waals surface area contributed by atoms with Gasteiger partial charge in [-0.2, -0.15) is 0 Å². The van der Waals surface area contributed by atoms with Crippen molar-refractivity contribution in [3.8, 4) is 17.0 Å². The molecule has 6 heteroatoms. The maximum absolute atomic E-state index is 12.8. The highest BCUT2D eigenvalue weighted by atomic mass is 16.5. The molecule has 6 nitrogen and oxygen atoms in total. The first-order chi connectivity index (χ1) is 12.5. The number of hydrogen-bond donors (Lipinski definition) is 0. The van der Waals surface area contributed by atoms with Gasteiger partial charge in [-0.05, 0) is 37.1 Å². The lowest BCUT2D eigenvalue weighted by Crippen LogP contribution is -2.26. The molecule has 0 aliphatic heterocycles. The van der Waals surface area contributed by atoms with E-state index in [4.69, 9.17) is 9.26 Å². The molecule has 3 aromatic rings. The van der Waals surface area contributed by atoms with E-state index in [1.807, 2.05) is 50.2 Å². The monoisotopic (exact) mass is 351 g/mol. The second-order valence-electron chi connectivity index (χ2n) is 6.21. The normalized spacial score (nSPS) is 10.6. The summed E-state index contributed by atoms with van der Waals surface area (Å²) in [5.41, 5.74) is 4.28. The third-order valence-electron chi connectivity index (χ3n) is 4.14. The highest BCUT2D eigenvalue weighted by molar-refractivity contribution is 5.95. The number of aromatic nitrogens is 2. The molecule has 1 amide bonds. The summed E-state index contributed by atoms with van der Waals surface area (Å²) in [5, 5.41) is 3.94. The largest absolute Gasteiger partial charge is 0.481 e. The number of rotatable bonds is 5. The lowest BCUT2D eigenvalue weighted by atomic mass is 10.0. The quantitative estimate of drug-likeness (QED) is 0.702. The van der Waals surface area contributed by atoms with E-state index in [1.54, 1.807) is 25.3 Å². The second kappa shape index (κ2) is 7.39. The molecule has 0 N–H and O–H groups in total. The zero-order valence-electron chi connectivity index (χ0n) is 15.3. The molecule has 134 valence electrons. The van der Waals surface area contributed by atoms with Crippen LogP contribution >= 0.6 is 0 Å². The molecule has 0 bridgehead atoms. The number of carbonyl (C=O) groups excluding carboxylic acids is 1. The molecule has 0 saturated heterocycles. The zero-order valence-corrected chi connectivity index (χ0v) is 15.3. The van der Waals surface area contributed by atoms with Crippen LogP contribution < -0.4 is 4.74 Å². The average molecular weight is 351 g/mol. The standard InChI is InChI=1S/C20H21N3O3/c1-13-8-19(25-4)21-11-18(13)15-6-5-7-16(10-15)20(24)23(3)12-17-9-14(2)26-22-17/h5-11H,12H2,1-4H3. The van der Waals surface area contributed by atoms with Crippen LogP contribution in [0.4, 0.5) is 0 Å². The molecule has 0 atom stereocenters. The van der Waals surface area contributed by atoms with Crippen LogP contribution in [0.5, 0.6) is 5.88 Å². The van der Waals surface area contributed by atoms with Crippen LogP contribution in [0.3, 0.4) is 0 Å². The molecule has 1 aromatic carbocycles. The van der Waals surface area contributed by atoms with Crippen LogP contribution in [0.25, 0.3) is 11.1 Å². The predicted octanol–water partition coefficient (Wildman–Crippen LogP) is 3.63. The summed E-state index contributed by atoms with van der Waals surface area (Å²) in [5.74, 6) is 1.22. The van der Waals surface area contributed by atoms with Gasteiger partial charge < -0.3 is 14.2 Å². The smallest absolute Gasteiger partial charge is 0.253 e. The van der Waals surface area contributed by atoms with Crippen molar-refractivity contribution in [3.63, 3.8) is 0 Å². The molecule has 0 unspecified atom stereocenters. The van der Waals surface area contributed by atoms with E-state index >= 15 is 0 Å². The summed E-state index contributed by atoms with van der Waals surface area (Å²) in [7, 11) is 3.34. The molecule has 26 heavy (non-hydrogen) atoms. The number of aryl methyl sites for hydroxylation is 2. The SMILES string of the molecule is COc1cc(C)c(-c2cccc(C(=O)N(C)Cc3cc(C)on3)c2)cn1. The van der Waals surface area contributed by atoms with E-state index in [-0.39, 0.29) is 5.91 Å². The summed E-state index contributed by atoms with van der Waals surface area (Å²) in [6.07, 6.45) is 1.76. The summed E-state index contributed by atoms with van der Waals surface area (Å²) >= 11 is 0. The van der Waals surface area contributed by atoms with Gasteiger partial charge in [-0.3, -0.25) is 4.79 Å². The lowest BCUT2D eigenvalue weighted by Gasteiger charge is -2.16. The van der Waals surface area contributed by atoms with E-state index in [2.05, 4.69) is 10.1 Å². The number of hydrogen-bond acceptors (Lipinski definition) is 5. The third kappa shape index (κ3) is 3.74. The second-order valence-corrected chi connectivity index (χ2v) is 6.21. The van der Waals surface area contributed by atoms with Crippen molar-refractivity contribution in [2.45, 2.75) is 20.4 Å². The Kier molecular flexibility index (Phi) is 5.02. The minimum atomic E-state index is -0.0772. The minimum absolute atomic E-state index is 0.0772. The van der Waals surface area contributed by atoms with Gasteiger partial charge in [0.25, 0.3) is 5.91 Å². The summed E-state index contributed by atoms with van der Waals surface area (Å²) in [6.45, 7) is 4.21. The van der Waals surface area contributed by atoms with Crippen molar-refractivity contribution in [1.82, 2.24) is 15.0 Å². The molecular weight excluding hydrogens is 330 g/mol. The van der Waals surface area contributed by atoms with Crippen LogP contribution in [0.2, 0.25) is 0 Å². The van der Waals surface area contributed by atoms with Crippen molar-refractivity contribution in [2.75, 3.05) is 14.2 Å². The summed E-state index contributed by atoms with van der Waals surface area (Å²) in [6, 6.07) is 11.2. The van der Waals surface area contributed by atoms with Crippen LogP contribution in [0.15, 0.2) is 47.1 Å². The number of nitrogens with zero attached hydrogens (tertiary/aromatic N) is 3. The fraction of sp³-hybridized carbons (Fsp3) is 0.250. The van der Waals surface area contributed by atoms with Gasteiger partial charge >= 0.3 is 0 Å². The summed E-state index contributed by atoms with van der Waals surface area (Å²) in [4.78, 5) is 18.6. The van der Waals surface area contributed by atoms with Crippen molar-refractivity contribution < 1.29 is 14.1 Å². The van der Waals surface area contributed by atoms with Gasteiger partial charge in [-0.25, -0.2) is 4.98 Å². The Bertz CT molecular complexity index is 934. The average Bonchev–Trinajstić information content (AvgIpc) is 3.05. The number of carbonyl (C=O) groups is 1. The minimum Gasteiger partial charge on any atom is -0.481 e. The zero-order chi connectivity index (χ0) is 18.7. The van der Waals surface area contributed by atoms with Crippen molar-refractivity contribution in [3.05, 3.63) is 65.2 Å². The van der Waals surface area contributed by atoms with Crippen molar-refractivity contribution in [2.24, 2.45) is 0 Å². The van der Waals surface area contributed by atoms with E-state index in [9.17, 15) is 4.79 Å². The molecule has 0 aliphatic carbocycles. The molecule has 0 aliphatic rings. The van der Waals surface area contributed by atoms with Gasteiger partial charge in [0, 0.05) is 36.5 Å². The molecule has 0 spiro atoms. The molecule has 0 radical (unpaired) electrons. The fourth-order valence-corrected chi connectivity index (χ4v) is 2.79. The van der Waals surface area contributed by atoms with Crippen LogP contribution in [0.1, 0.15) is 27.4 Å². The Hall–Kier alpha value is -3.15. The van der Waals surface area contributed by atoms with Gasteiger partial charge in [-0.1, -0.05) is 17.3 Å². The van der Waals surface area contributed by atoms with Crippen molar-refractivity contribution in [1.29, 1.82) is 0 Å². The van der Waals surface area contributed by atoms with E-state index in [0.717, 1.165) is 28.1 Å². The molecule has 0 fully saturated rings. The van der Waals surface area contributed by atoms with Crippen LogP contribution in [0, 0.1) is 13.8 Å². The maximum atomic E-state index is 12.8. The Morgan fingerprint density at radius 2 is 2.04 bits per heavy atom. The Balaban J connectivity index is 1.83. The lowest BCUT2D eigenvalue weighted by molar-refractivity contribution is 0.0782. The predicted molar refractivity (Wildman–Crippen MR) is 98.0 cm³/mol. The van der Waals surface area contributed by atoms with Gasteiger partial charge in [0.05, 0.1) is 13.7 Å². The molecule has 0 saturated carbocycles. The highest BCUT2D eigenvalue weighted by Gasteiger charge is 2.15. The maximum Gasteiger partial charge on any atom is 0.253 e. The fourth-order valence-electron chi connectivity index (χ4n) is 2.79. The van der Waals surface area contributed by atoms with Crippen LogP contribution in [-0.2, 0) is 6.54 Å². The van der Waals surface area contributed by atoms with E-state index < -0.39 is 0 Å². The Labute approximate surface area is 152 Å². The van der Waals surface area contributed by atoms with Crippen molar-refractivity contribution >= 4 is 5.91 Å². The number of pyridine rings is 1. The van der Waals surface area contributed by atoms with Gasteiger partial charge in [0.15, 0.2) is 0 Å². The number of ether oxygens (including phenoxy) is 1. The first kappa shape index (κ1) is 17.7. The Morgan fingerprint density at radius 3 is 2.69 bits per heavy atom. The molecule has 2 aromatic heterocycles. The van der Waals surface area contributed by atoms with E-state index in [1.165, 1.54) is 0 Å². The van der Waals surface area contributed by atoms with Gasteiger partial charge in [0.2, 0.25) is 5.88 Å². The number of methoxy groups -OCH3 is 1. The Morgan fingerprint density at radius 1 is 1.23 bits per heavy atom. The molecular formula is C20H21N3O3. The highest BCUT2D eigenvalue weighted by Crippen LogP contribution is 2.26. The topological polar surface area (TPSA) is 68.5 Å². The van der Waals surface area contributed by atoms with Crippen LogP contribution in [-0.4, -0.2) is 35.1 Å². The van der Waals surface area contributed by atoms with E-state index in [0.29, 0.717) is 18.0 Å². The molecule has 2 heterocycles. The first-order valence-electron chi connectivity index (χ1n) is 8.26. The first-order valence-corrected chi connectivity index (χ1v) is 8.26.